The van der Waals surface area contributed by atoms with E-state index < -0.39 is 11.2 Å². The smallest absolute Gasteiger partial charge is 0.148 e. The van der Waals surface area contributed by atoms with E-state index in [0.29, 0.717) is 11.5 Å². The molecule has 0 aliphatic heterocycles. The van der Waals surface area contributed by atoms with Gasteiger partial charge in [0.15, 0.2) is 0 Å². The van der Waals surface area contributed by atoms with Crippen molar-refractivity contribution in [3.8, 4) is 22.6 Å². The summed E-state index contributed by atoms with van der Waals surface area (Å²) in [7, 11) is 0. The van der Waals surface area contributed by atoms with E-state index in [0.717, 1.165) is 54.9 Å². The summed E-state index contributed by atoms with van der Waals surface area (Å²) in [5.41, 5.74) is 1.78. The van der Waals surface area contributed by atoms with Gasteiger partial charge >= 0.3 is 0 Å². The van der Waals surface area contributed by atoms with E-state index in [4.69, 9.17) is 9.47 Å². The van der Waals surface area contributed by atoms with Crippen LogP contribution in [0.1, 0.15) is 22.3 Å². The van der Waals surface area contributed by atoms with E-state index in [1.807, 2.05) is 170 Å². The fraction of sp³-hybridized carbons (Fsp3) is 0.0833. The van der Waals surface area contributed by atoms with E-state index in [1.54, 1.807) is 0 Å². The summed E-state index contributed by atoms with van der Waals surface area (Å²) in [4.78, 5) is 0. The van der Waals surface area contributed by atoms with Gasteiger partial charge in [0.2, 0.25) is 0 Å². The average molecular weight is 679 g/mol. The third kappa shape index (κ3) is 6.20. The molecule has 0 aliphatic rings. The SMILES string of the molecule is OC(COc1ccc2ccccc2c1-c1c(OCC(O)(c2ccccc2)c2ccccc2)ccc2ccccc12)(c1ccccc1)c1ccccc1. The van der Waals surface area contributed by atoms with Crippen LogP contribution in [0, 0.1) is 0 Å². The van der Waals surface area contributed by atoms with Crippen LogP contribution in [0.5, 0.6) is 11.5 Å². The van der Waals surface area contributed by atoms with Gasteiger partial charge < -0.3 is 19.7 Å². The molecule has 4 nitrogen and oxygen atoms in total. The number of hydrogen-bond donors (Lipinski definition) is 2. The Morgan fingerprint density at radius 3 is 0.942 bits per heavy atom. The Hall–Kier alpha value is -6.20. The molecule has 0 saturated carbocycles. The van der Waals surface area contributed by atoms with Crippen LogP contribution in [-0.2, 0) is 11.2 Å². The highest BCUT2D eigenvalue weighted by Crippen LogP contribution is 2.47. The molecular weight excluding hydrogens is 641 g/mol. The molecule has 254 valence electrons. The molecule has 0 saturated heterocycles. The molecule has 8 aromatic carbocycles. The first-order chi connectivity index (χ1) is 25.5. The zero-order valence-corrected chi connectivity index (χ0v) is 28.6. The molecule has 52 heavy (non-hydrogen) atoms. The van der Waals surface area contributed by atoms with E-state index in [9.17, 15) is 10.2 Å². The number of aliphatic hydroxyl groups is 2. The first-order valence-electron chi connectivity index (χ1n) is 17.5. The summed E-state index contributed by atoms with van der Waals surface area (Å²) in [6.07, 6.45) is 0. The summed E-state index contributed by atoms with van der Waals surface area (Å²) in [6, 6.07) is 63.1. The Kier molecular flexibility index (Phi) is 9.00. The molecule has 0 atom stereocenters. The lowest BCUT2D eigenvalue weighted by Gasteiger charge is -2.31. The Morgan fingerprint density at radius 1 is 0.327 bits per heavy atom. The normalized spacial score (nSPS) is 11.8. The van der Waals surface area contributed by atoms with Crippen molar-refractivity contribution in [2.24, 2.45) is 0 Å². The van der Waals surface area contributed by atoms with Gasteiger partial charge in [0.05, 0.1) is 0 Å². The lowest BCUT2D eigenvalue weighted by Crippen LogP contribution is -2.34. The van der Waals surface area contributed by atoms with Crippen LogP contribution in [-0.4, -0.2) is 23.4 Å². The summed E-state index contributed by atoms with van der Waals surface area (Å²) < 4.78 is 13.6. The predicted octanol–water partition coefficient (Wildman–Crippen LogP) is 10.3. The van der Waals surface area contributed by atoms with Crippen molar-refractivity contribution >= 4 is 21.5 Å². The maximum absolute atomic E-state index is 12.4. The van der Waals surface area contributed by atoms with Gasteiger partial charge in [0, 0.05) is 11.1 Å². The van der Waals surface area contributed by atoms with Gasteiger partial charge in [-0.05, 0) is 55.9 Å². The highest BCUT2D eigenvalue weighted by atomic mass is 16.5. The van der Waals surface area contributed by atoms with E-state index in [2.05, 4.69) is 24.3 Å². The largest absolute Gasteiger partial charge is 0.489 e. The summed E-state index contributed by atoms with van der Waals surface area (Å²) >= 11 is 0. The van der Waals surface area contributed by atoms with Crippen LogP contribution in [0.4, 0.5) is 0 Å². The molecule has 0 aromatic heterocycles. The van der Waals surface area contributed by atoms with Gasteiger partial charge in [-0.3, -0.25) is 0 Å². The molecule has 0 fully saturated rings. The number of hydrogen-bond acceptors (Lipinski definition) is 4. The van der Waals surface area contributed by atoms with Crippen LogP contribution in [0.25, 0.3) is 32.7 Å². The summed E-state index contributed by atoms with van der Waals surface area (Å²) in [5.74, 6) is 1.21. The van der Waals surface area contributed by atoms with Crippen LogP contribution in [0.3, 0.4) is 0 Å². The first-order valence-corrected chi connectivity index (χ1v) is 17.5. The highest BCUT2D eigenvalue weighted by molar-refractivity contribution is 6.09. The molecule has 2 N–H and O–H groups in total. The van der Waals surface area contributed by atoms with Crippen molar-refractivity contribution in [1.82, 2.24) is 0 Å². The lowest BCUT2D eigenvalue weighted by molar-refractivity contribution is 0.0271. The Bertz CT molecular complexity index is 2170. The number of rotatable bonds is 11. The topological polar surface area (TPSA) is 58.9 Å². The highest BCUT2D eigenvalue weighted by Gasteiger charge is 2.35. The number of benzene rings is 8. The minimum absolute atomic E-state index is 0.0326. The maximum atomic E-state index is 12.4. The van der Waals surface area contributed by atoms with Crippen molar-refractivity contribution < 1.29 is 19.7 Å². The van der Waals surface area contributed by atoms with Crippen LogP contribution in [0.2, 0.25) is 0 Å². The Balaban J connectivity index is 1.28. The van der Waals surface area contributed by atoms with Gasteiger partial charge in [0.1, 0.15) is 35.9 Å². The summed E-state index contributed by atoms with van der Waals surface area (Å²) in [6.45, 7) is -0.0653. The van der Waals surface area contributed by atoms with Crippen molar-refractivity contribution in [2.45, 2.75) is 11.2 Å². The fourth-order valence-electron chi connectivity index (χ4n) is 7.15. The maximum Gasteiger partial charge on any atom is 0.148 e. The molecule has 8 aromatic rings. The zero-order chi connectivity index (χ0) is 35.4. The third-order valence-electron chi connectivity index (χ3n) is 9.91. The van der Waals surface area contributed by atoms with Gasteiger partial charge in [-0.2, -0.15) is 0 Å². The van der Waals surface area contributed by atoms with Crippen molar-refractivity contribution in [3.05, 3.63) is 216 Å². The molecular formula is C48H38O4. The number of fused-ring (bicyclic) bond motifs is 2. The second kappa shape index (κ2) is 14.2. The molecule has 0 bridgehead atoms. The lowest BCUT2D eigenvalue weighted by atomic mass is 9.87. The molecule has 0 amide bonds. The average Bonchev–Trinajstić information content (AvgIpc) is 3.23. The van der Waals surface area contributed by atoms with Gasteiger partial charge in [-0.1, -0.05) is 182 Å². The Labute approximate surface area is 303 Å². The Morgan fingerprint density at radius 2 is 0.615 bits per heavy atom. The van der Waals surface area contributed by atoms with Crippen LogP contribution in [0.15, 0.2) is 194 Å². The van der Waals surface area contributed by atoms with Crippen molar-refractivity contribution in [2.75, 3.05) is 13.2 Å². The van der Waals surface area contributed by atoms with Gasteiger partial charge in [0.25, 0.3) is 0 Å². The predicted molar refractivity (Wildman–Crippen MR) is 210 cm³/mol. The molecule has 0 heterocycles. The van der Waals surface area contributed by atoms with E-state index in [-0.39, 0.29) is 13.2 Å². The van der Waals surface area contributed by atoms with Crippen molar-refractivity contribution in [3.63, 3.8) is 0 Å². The second-order valence-corrected chi connectivity index (χ2v) is 13.1. The zero-order valence-electron chi connectivity index (χ0n) is 28.6. The first kappa shape index (κ1) is 33.0. The molecule has 0 spiro atoms. The van der Waals surface area contributed by atoms with Crippen molar-refractivity contribution in [1.29, 1.82) is 0 Å². The standard InChI is InChI=1S/C48H38O4/c49-47(37-19-5-1-6-20-37,38-21-7-2-8-22-38)33-51-43-31-29-35-17-13-15-27-41(35)45(43)46-42-28-16-14-18-36(42)30-32-44(46)52-34-48(50,39-23-9-3-10-24-39)40-25-11-4-12-26-40/h1-32,49-50H,33-34H2. The van der Waals surface area contributed by atoms with E-state index >= 15 is 0 Å². The summed E-state index contributed by atoms with van der Waals surface area (Å²) in [5, 5.41) is 28.9. The second-order valence-electron chi connectivity index (χ2n) is 13.1. The van der Waals surface area contributed by atoms with E-state index in [1.165, 1.54) is 0 Å². The monoisotopic (exact) mass is 678 g/mol. The fourth-order valence-corrected chi connectivity index (χ4v) is 7.15. The molecule has 0 unspecified atom stereocenters. The molecule has 4 heteroatoms. The van der Waals surface area contributed by atoms with Gasteiger partial charge in [-0.15, -0.1) is 0 Å². The molecule has 8 rings (SSSR count). The van der Waals surface area contributed by atoms with Gasteiger partial charge in [-0.25, -0.2) is 0 Å². The minimum atomic E-state index is -1.43. The third-order valence-corrected chi connectivity index (χ3v) is 9.91. The van der Waals surface area contributed by atoms with Crippen LogP contribution >= 0.6 is 0 Å². The molecule has 0 aliphatic carbocycles. The quantitative estimate of drug-likeness (QED) is 0.143. The van der Waals surface area contributed by atoms with Crippen LogP contribution < -0.4 is 9.47 Å². The molecule has 0 radical (unpaired) electrons. The minimum Gasteiger partial charge on any atom is -0.489 e. The number of ether oxygens (including phenoxy) is 2.